The van der Waals surface area contributed by atoms with E-state index in [0.29, 0.717) is 37.4 Å². The molecule has 1 fully saturated rings. The molecule has 0 aliphatic carbocycles. The molecule has 28 heavy (non-hydrogen) atoms. The molecule has 0 spiro atoms. The number of nitro benzene ring substituents is 1. The van der Waals surface area contributed by atoms with E-state index in [2.05, 4.69) is 0 Å². The second-order valence-electron chi connectivity index (χ2n) is 6.39. The van der Waals surface area contributed by atoms with Crippen LogP contribution in [-0.2, 0) is 14.3 Å². The largest absolute Gasteiger partial charge is 0.444 e. The van der Waals surface area contributed by atoms with Crippen LogP contribution >= 0.6 is 0 Å². The van der Waals surface area contributed by atoms with Gasteiger partial charge in [0.25, 0.3) is 11.6 Å². The molecule has 1 aliphatic rings. The van der Waals surface area contributed by atoms with Gasteiger partial charge in [-0.2, -0.15) is 0 Å². The van der Waals surface area contributed by atoms with Gasteiger partial charge in [0.15, 0.2) is 0 Å². The van der Waals surface area contributed by atoms with Crippen molar-refractivity contribution < 1.29 is 24.0 Å². The van der Waals surface area contributed by atoms with Crippen molar-refractivity contribution >= 4 is 17.6 Å². The molecule has 8 heteroatoms. The number of ether oxygens (including phenoxy) is 2. The highest BCUT2D eigenvalue weighted by molar-refractivity contribution is 5.93. The SMILES string of the molecule is Cc1ccc(C(=O)O[C@H](C(=O)N2CCOCC2)c2ccccc2)cc1[N+](=O)[O-]. The van der Waals surface area contributed by atoms with E-state index in [9.17, 15) is 19.7 Å². The first-order chi connectivity index (χ1) is 13.5. The van der Waals surface area contributed by atoms with Gasteiger partial charge >= 0.3 is 5.97 Å². The quantitative estimate of drug-likeness (QED) is 0.446. The summed E-state index contributed by atoms with van der Waals surface area (Å²) in [6.45, 7) is 3.25. The van der Waals surface area contributed by atoms with Crippen molar-refractivity contribution in [2.24, 2.45) is 0 Å². The van der Waals surface area contributed by atoms with Crippen LogP contribution in [0.3, 0.4) is 0 Å². The topological polar surface area (TPSA) is 99.0 Å². The van der Waals surface area contributed by atoms with Gasteiger partial charge in [-0.05, 0) is 13.0 Å². The normalized spacial score (nSPS) is 15.0. The second-order valence-corrected chi connectivity index (χ2v) is 6.39. The van der Waals surface area contributed by atoms with Gasteiger partial charge in [0, 0.05) is 30.3 Å². The number of rotatable bonds is 5. The minimum atomic E-state index is -1.13. The fourth-order valence-electron chi connectivity index (χ4n) is 2.95. The summed E-state index contributed by atoms with van der Waals surface area (Å²) in [5.41, 5.74) is 0.817. The number of hydrogen-bond donors (Lipinski definition) is 0. The van der Waals surface area contributed by atoms with Crippen LogP contribution in [0.2, 0.25) is 0 Å². The van der Waals surface area contributed by atoms with Crippen LogP contribution < -0.4 is 0 Å². The average Bonchev–Trinajstić information content (AvgIpc) is 2.72. The molecule has 3 rings (SSSR count). The van der Waals surface area contributed by atoms with E-state index in [1.54, 1.807) is 42.2 Å². The van der Waals surface area contributed by atoms with E-state index in [4.69, 9.17) is 9.47 Å². The molecule has 0 radical (unpaired) electrons. The van der Waals surface area contributed by atoms with Gasteiger partial charge in [-0.3, -0.25) is 14.9 Å². The number of amides is 1. The smallest absolute Gasteiger partial charge is 0.339 e. The van der Waals surface area contributed by atoms with Crippen molar-refractivity contribution in [3.63, 3.8) is 0 Å². The number of morpholine rings is 1. The molecule has 8 nitrogen and oxygen atoms in total. The summed E-state index contributed by atoms with van der Waals surface area (Å²) in [6, 6.07) is 12.8. The Morgan fingerprint density at radius 1 is 1.14 bits per heavy atom. The monoisotopic (exact) mass is 384 g/mol. The molecule has 0 aromatic heterocycles. The Labute approximate surface area is 161 Å². The fourth-order valence-corrected chi connectivity index (χ4v) is 2.95. The van der Waals surface area contributed by atoms with Crippen molar-refractivity contribution in [2.75, 3.05) is 26.3 Å². The summed E-state index contributed by atoms with van der Waals surface area (Å²) >= 11 is 0. The maximum atomic E-state index is 13.0. The summed E-state index contributed by atoms with van der Waals surface area (Å²) in [5.74, 6) is -1.14. The van der Waals surface area contributed by atoms with Gasteiger partial charge < -0.3 is 14.4 Å². The van der Waals surface area contributed by atoms with E-state index >= 15 is 0 Å². The minimum Gasteiger partial charge on any atom is -0.444 e. The van der Waals surface area contributed by atoms with Crippen molar-refractivity contribution in [1.29, 1.82) is 0 Å². The van der Waals surface area contributed by atoms with Gasteiger partial charge in [-0.1, -0.05) is 36.4 Å². The fraction of sp³-hybridized carbons (Fsp3) is 0.300. The number of benzene rings is 2. The average molecular weight is 384 g/mol. The summed E-state index contributed by atoms with van der Waals surface area (Å²) in [6.07, 6.45) is -1.13. The van der Waals surface area contributed by atoms with Crippen molar-refractivity contribution in [1.82, 2.24) is 4.90 Å². The zero-order valence-electron chi connectivity index (χ0n) is 15.4. The highest BCUT2D eigenvalue weighted by atomic mass is 16.6. The first-order valence-electron chi connectivity index (χ1n) is 8.85. The Kier molecular flexibility index (Phi) is 6.00. The molecule has 0 unspecified atom stereocenters. The van der Waals surface area contributed by atoms with Crippen LogP contribution in [0, 0.1) is 17.0 Å². The summed E-state index contributed by atoms with van der Waals surface area (Å²) in [4.78, 5) is 37.8. The third-order valence-electron chi connectivity index (χ3n) is 4.52. The Bertz CT molecular complexity index is 878. The number of esters is 1. The van der Waals surface area contributed by atoms with Gasteiger partial charge in [0.2, 0.25) is 6.10 Å². The van der Waals surface area contributed by atoms with Crippen LogP contribution in [0.25, 0.3) is 0 Å². The zero-order chi connectivity index (χ0) is 20.1. The molecule has 0 saturated carbocycles. The molecule has 2 aromatic carbocycles. The lowest BCUT2D eigenvalue weighted by atomic mass is 10.1. The van der Waals surface area contributed by atoms with Gasteiger partial charge in [0.05, 0.1) is 23.7 Å². The lowest BCUT2D eigenvalue weighted by Gasteiger charge is -2.30. The molecule has 2 aromatic rings. The zero-order valence-corrected chi connectivity index (χ0v) is 15.4. The third-order valence-corrected chi connectivity index (χ3v) is 4.52. The van der Waals surface area contributed by atoms with Gasteiger partial charge in [-0.15, -0.1) is 0 Å². The lowest BCUT2D eigenvalue weighted by Crippen LogP contribution is -2.44. The first kappa shape index (κ1) is 19.5. The van der Waals surface area contributed by atoms with Crippen LogP contribution in [0.4, 0.5) is 5.69 Å². The van der Waals surface area contributed by atoms with Crippen LogP contribution in [0.15, 0.2) is 48.5 Å². The number of hydrogen-bond acceptors (Lipinski definition) is 6. The van der Waals surface area contributed by atoms with Crippen LogP contribution in [-0.4, -0.2) is 48.0 Å². The van der Waals surface area contributed by atoms with E-state index in [-0.39, 0.29) is 17.2 Å². The molecular weight excluding hydrogens is 364 g/mol. The Hall–Kier alpha value is -3.26. The summed E-state index contributed by atoms with van der Waals surface area (Å²) < 4.78 is 10.8. The molecule has 1 saturated heterocycles. The predicted molar refractivity (Wildman–Crippen MR) is 99.8 cm³/mol. The third kappa shape index (κ3) is 4.34. The highest BCUT2D eigenvalue weighted by Crippen LogP contribution is 2.25. The van der Waals surface area contributed by atoms with E-state index in [0.717, 1.165) is 0 Å². The molecule has 146 valence electrons. The van der Waals surface area contributed by atoms with E-state index in [1.165, 1.54) is 18.2 Å². The Morgan fingerprint density at radius 3 is 2.46 bits per heavy atom. The molecule has 1 atom stereocenters. The molecule has 0 N–H and O–H groups in total. The number of carbonyl (C=O) groups is 2. The van der Waals surface area contributed by atoms with E-state index in [1.807, 2.05) is 0 Å². The maximum Gasteiger partial charge on any atom is 0.339 e. The van der Waals surface area contributed by atoms with Crippen molar-refractivity contribution in [2.45, 2.75) is 13.0 Å². The molecule has 0 bridgehead atoms. The highest BCUT2D eigenvalue weighted by Gasteiger charge is 2.31. The van der Waals surface area contributed by atoms with Crippen LogP contribution in [0.1, 0.15) is 27.6 Å². The predicted octanol–water partition coefficient (Wildman–Crippen LogP) is 2.66. The van der Waals surface area contributed by atoms with Gasteiger partial charge in [0.1, 0.15) is 0 Å². The summed E-state index contributed by atoms with van der Waals surface area (Å²) in [7, 11) is 0. The van der Waals surface area contributed by atoms with E-state index < -0.39 is 17.0 Å². The van der Waals surface area contributed by atoms with Crippen LogP contribution in [0.5, 0.6) is 0 Å². The minimum absolute atomic E-state index is 0.0213. The molecular formula is C20H20N2O6. The van der Waals surface area contributed by atoms with Gasteiger partial charge in [-0.25, -0.2) is 4.79 Å². The first-order valence-corrected chi connectivity index (χ1v) is 8.85. The lowest BCUT2D eigenvalue weighted by molar-refractivity contribution is -0.385. The number of carbonyl (C=O) groups excluding carboxylic acids is 2. The molecule has 1 aliphatic heterocycles. The Morgan fingerprint density at radius 2 is 1.82 bits per heavy atom. The molecule has 1 amide bonds. The number of aryl methyl sites for hydroxylation is 1. The standard InChI is InChI=1S/C20H20N2O6/c1-14-7-8-16(13-17(14)22(25)26)20(24)28-18(15-5-3-2-4-6-15)19(23)21-9-11-27-12-10-21/h2-8,13,18H,9-12H2,1H3/t18-/m0/s1. The summed E-state index contributed by atoms with van der Waals surface area (Å²) in [5, 5.41) is 11.1. The number of nitrogens with zero attached hydrogens (tertiary/aromatic N) is 2. The maximum absolute atomic E-state index is 13.0. The Balaban J connectivity index is 1.87. The van der Waals surface area contributed by atoms with Crippen molar-refractivity contribution in [3.05, 3.63) is 75.3 Å². The number of nitro groups is 1. The molecule has 1 heterocycles. The van der Waals surface area contributed by atoms with Crippen molar-refractivity contribution in [3.8, 4) is 0 Å². The second kappa shape index (κ2) is 8.62.